The molecule has 5 heteroatoms. The molecule has 118 valence electrons. The normalized spacial score (nSPS) is 18.3. The van der Waals surface area contributed by atoms with Gasteiger partial charge in [0.15, 0.2) is 0 Å². The molecule has 3 heterocycles. The van der Waals surface area contributed by atoms with Crippen molar-refractivity contribution >= 4 is 0 Å². The van der Waals surface area contributed by atoms with E-state index in [9.17, 15) is 9.65 Å². The Morgan fingerprint density at radius 1 is 1.26 bits per heavy atom. The van der Waals surface area contributed by atoms with Crippen LogP contribution in [0, 0.1) is 17.1 Å². The molecule has 2 aliphatic rings. The highest BCUT2D eigenvalue weighted by Gasteiger charge is 2.29. The van der Waals surface area contributed by atoms with E-state index in [1.165, 1.54) is 6.07 Å². The third-order valence-electron chi connectivity index (χ3n) is 5.13. The van der Waals surface area contributed by atoms with Crippen LogP contribution in [0.15, 0.2) is 18.2 Å². The molecule has 2 aromatic rings. The van der Waals surface area contributed by atoms with Gasteiger partial charge in [-0.15, -0.1) is 0 Å². The molecule has 1 saturated heterocycles. The van der Waals surface area contributed by atoms with Crippen LogP contribution in [0.3, 0.4) is 0 Å². The Morgan fingerprint density at radius 2 is 2.04 bits per heavy atom. The zero-order valence-electron chi connectivity index (χ0n) is 13.2. The number of hydrogen-bond acceptors (Lipinski definition) is 3. The number of hydrogen-bond donors (Lipinski definition) is 0. The first kappa shape index (κ1) is 14.4. The number of rotatable bonds is 1. The van der Waals surface area contributed by atoms with Gasteiger partial charge >= 0.3 is 0 Å². The molecule has 0 aliphatic carbocycles. The fourth-order valence-electron chi connectivity index (χ4n) is 3.81. The lowest BCUT2D eigenvalue weighted by molar-refractivity contribution is 0.253. The molecule has 0 saturated carbocycles. The SMILES string of the molecule is CN1CCC(c2nn3c(c2C#N)CCc2cc(F)ccc2-3)CC1. The Bertz CT molecular complexity index is 794. The predicted molar refractivity (Wildman–Crippen MR) is 85.1 cm³/mol. The minimum Gasteiger partial charge on any atom is -0.306 e. The van der Waals surface area contributed by atoms with E-state index >= 15 is 0 Å². The highest BCUT2D eigenvalue weighted by atomic mass is 19.1. The number of fused-ring (bicyclic) bond motifs is 3. The van der Waals surface area contributed by atoms with Gasteiger partial charge in [-0.3, -0.25) is 0 Å². The van der Waals surface area contributed by atoms with Gasteiger partial charge in [0, 0.05) is 5.92 Å². The lowest BCUT2D eigenvalue weighted by Gasteiger charge is -2.27. The summed E-state index contributed by atoms with van der Waals surface area (Å²) in [6.07, 6.45) is 3.59. The van der Waals surface area contributed by atoms with Crippen LogP contribution in [0.2, 0.25) is 0 Å². The second-order valence-electron chi connectivity index (χ2n) is 6.58. The second kappa shape index (κ2) is 5.47. The minimum atomic E-state index is -0.213. The first-order chi connectivity index (χ1) is 11.2. The van der Waals surface area contributed by atoms with Crippen LogP contribution in [0.5, 0.6) is 0 Å². The standard InChI is InChI=1S/C18H19FN4/c1-22-8-6-12(7-9-22)18-15(11-20)17-4-2-13-10-14(19)3-5-16(13)23(17)21-18/h3,5,10,12H,2,4,6-9H2,1H3. The fraction of sp³-hybridized carbons (Fsp3) is 0.444. The maximum absolute atomic E-state index is 13.5. The number of benzene rings is 1. The van der Waals surface area contributed by atoms with Crippen LogP contribution in [-0.4, -0.2) is 34.8 Å². The van der Waals surface area contributed by atoms with Gasteiger partial charge in [0.1, 0.15) is 11.9 Å². The Morgan fingerprint density at radius 3 is 2.78 bits per heavy atom. The summed E-state index contributed by atoms with van der Waals surface area (Å²) >= 11 is 0. The van der Waals surface area contributed by atoms with E-state index in [-0.39, 0.29) is 5.82 Å². The topological polar surface area (TPSA) is 44.9 Å². The Kier molecular flexibility index (Phi) is 3.42. The van der Waals surface area contributed by atoms with Gasteiger partial charge in [-0.1, -0.05) is 0 Å². The zero-order valence-corrected chi connectivity index (χ0v) is 13.2. The second-order valence-corrected chi connectivity index (χ2v) is 6.58. The first-order valence-electron chi connectivity index (χ1n) is 8.16. The van der Waals surface area contributed by atoms with Crippen molar-refractivity contribution in [3.63, 3.8) is 0 Å². The van der Waals surface area contributed by atoms with Gasteiger partial charge < -0.3 is 4.90 Å². The Labute approximate surface area is 135 Å². The van der Waals surface area contributed by atoms with Crippen LogP contribution < -0.4 is 0 Å². The van der Waals surface area contributed by atoms with Crippen molar-refractivity contribution in [3.8, 4) is 11.8 Å². The van der Waals surface area contributed by atoms with Crippen molar-refractivity contribution in [1.82, 2.24) is 14.7 Å². The van der Waals surface area contributed by atoms with E-state index in [0.717, 1.165) is 67.0 Å². The van der Waals surface area contributed by atoms with E-state index < -0.39 is 0 Å². The summed E-state index contributed by atoms with van der Waals surface area (Å²) in [6, 6.07) is 7.21. The van der Waals surface area contributed by atoms with Crippen LogP contribution in [0.1, 0.15) is 41.3 Å². The van der Waals surface area contributed by atoms with Crippen LogP contribution in [0.4, 0.5) is 4.39 Å². The molecule has 4 nitrogen and oxygen atoms in total. The number of aromatic nitrogens is 2. The quantitative estimate of drug-likeness (QED) is 0.813. The summed E-state index contributed by atoms with van der Waals surface area (Å²) in [4.78, 5) is 2.32. The lowest BCUT2D eigenvalue weighted by Crippen LogP contribution is -2.29. The average molecular weight is 310 g/mol. The molecule has 2 aliphatic heterocycles. The first-order valence-corrected chi connectivity index (χ1v) is 8.16. The summed E-state index contributed by atoms with van der Waals surface area (Å²) in [7, 11) is 2.13. The van der Waals surface area contributed by atoms with Gasteiger partial charge in [0.05, 0.1) is 22.6 Å². The smallest absolute Gasteiger partial charge is 0.123 e. The summed E-state index contributed by atoms with van der Waals surface area (Å²) < 4.78 is 15.3. The summed E-state index contributed by atoms with van der Waals surface area (Å²) in [5.74, 6) is 0.137. The van der Waals surface area contributed by atoms with Gasteiger partial charge in [-0.05, 0) is 69.6 Å². The van der Waals surface area contributed by atoms with Crippen molar-refractivity contribution < 1.29 is 4.39 Å². The van der Waals surface area contributed by atoms with E-state index in [1.54, 1.807) is 12.1 Å². The van der Waals surface area contributed by atoms with Gasteiger partial charge in [0.2, 0.25) is 0 Å². The summed E-state index contributed by atoms with van der Waals surface area (Å²) in [5.41, 5.74) is 4.56. The molecule has 0 spiro atoms. The Balaban J connectivity index is 1.80. The van der Waals surface area contributed by atoms with Crippen molar-refractivity contribution in [2.24, 2.45) is 0 Å². The van der Waals surface area contributed by atoms with Crippen molar-refractivity contribution in [2.45, 2.75) is 31.6 Å². The van der Waals surface area contributed by atoms with Gasteiger partial charge in [0.25, 0.3) is 0 Å². The van der Waals surface area contributed by atoms with Gasteiger partial charge in [-0.2, -0.15) is 10.4 Å². The molecule has 1 fully saturated rings. The molecule has 4 rings (SSSR count). The summed E-state index contributed by atoms with van der Waals surface area (Å²) in [6.45, 7) is 2.08. The zero-order chi connectivity index (χ0) is 16.0. The predicted octanol–water partition coefficient (Wildman–Crippen LogP) is 2.79. The third-order valence-corrected chi connectivity index (χ3v) is 5.13. The molecule has 1 aromatic carbocycles. The van der Waals surface area contributed by atoms with Crippen molar-refractivity contribution in [3.05, 3.63) is 46.5 Å². The van der Waals surface area contributed by atoms with Crippen LogP contribution in [0.25, 0.3) is 5.69 Å². The monoisotopic (exact) mass is 310 g/mol. The molecule has 0 radical (unpaired) electrons. The number of halogens is 1. The summed E-state index contributed by atoms with van der Waals surface area (Å²) in [5, 5.41) is 14.5. The molecule has 1 aromatic heterocycles. The number of piperidine rings is 1. The minimum absolute atomic E-state index is 0.213. The molecule has 0 unspecified atom stereocenters. The van der Waals surface area contributed by atoms with Crippen molar-refractivity contribution in [2.75, 3.05) is 20.1 Å². The highest BCUT2D eigenvalue weighted by Crippen LogP contribution is 2.34. The van der Waals surface area contributed by atoms with E-state index in [4.69, 9.17) is 5.10 Å². The van der Waals surface area contributed by atoms with Crippen LogP contribution in [-0.2, 0) is 12.8 Å². The van der Waals surface area contributed by atoms with E-state index in [0.29, 0.717) is 5.92 Å². The Hall–Kier alpha value is -2.19. The number of nitriles is 1. The number of nitrogens with zero attached hydrogens (tertiary/aromatic N) is 4. The molecular formula is C18H19FN4. The van der Waals surface area contributed by atoms with Gasteiger partial charge in [-0.25, -0.2) is 9.07 Å². The molecule has 0 bridgehead atoms. The number of likely N-dealkylation sites (tertiary alicyclic amines) is 1. The third kappa shape index (κ3) is 2.34. The maximum Gasteiger partial charge on any atom is 0.123 e. The van der Waals surface area contributed by atoms with Crippen molar-refractivity contribution in [1.29, 1.82) is 5.26 Å². The number of aryl methyl sites for hydroxylation is 1. The maximum atomic E-state index is 13.5. The average Bonchev–Trinajstić information content (AvgIpc) is 2.94. The molecule has 23 heavy (non-hydrogen) atoms. The lowest BCUT2D eigenvalue weighted by atomic mass is 9.90. The highest BCUT2D eigenvalue weighted by molar-refractivity contribution is 5.51. The molecule has 0 amide bonds. The van der Waals surface area contributed by atoms with E-state index in [2.05, 4.69) is 18.0 Å². The van der Waals surface area contributed by atoms with E-state index in [1.807, 2.05) is 4.68 Å². The molecular weight excluding hydrogens is 291 g/mol. The largest absolute Gasteiger partial charge is 0.306 e. The van der Waals surface area contributed by atoms with Crippen LogP contribution >= 0.6 is 0 Å². The molecule has 0 N–H and O–H groups in total. The fourth-order valence-corrected chi connectivity index (χ4v) is 3.81. The molecule has 0 atom stereocenters.